The molecule has 212 valence electrons. The lowest BCUT2D eigenvalue weighted by Crippen LogP contribution is -2.35. The molecule has 1 amide bonds. The van der Waals surface area contributed by atoms with Crippen molar-refractivity contribution in [1.29, 1.82) is 0 Å². The van der Waals surface area contributed by atoms with Gasteiger partial charge >= 0.3 is 0 Å². The molecule has 9 nitrogen and oxygen atoms in total. The second-order valence-corrected chi connectivity index (χ2v) is 12.2. The summed E-state index contributed by atoms with van der Waals surface area (Å²) in [6.07, 6.45) is 10.3. The lowest BCUT2D eigenvalue weighted by atomic mass is 9.85. The van der Waals surface area contributed by atoms with Crippen molar-refractivity contribution in [2.24, 2.45) is 5.92 Å². The van der Waals surface area contributed by atoms with E-state index in [1.54, 1.807) is 53.3 Å². The highest BCUT2D eigenvalue weighted by Crippen LogP contribution is 2.35. The van der Waals surface area contributed by atoms with Crippen LogP contribution in [0, 0.1) is 11.7 Å². The van der Waals surface area contributed by atoms with E-state index < -0.39 is 21.9 Å². The van der Waals surface area contributed by atoms with Crippen molar-refractivity contribution in [3.05, 3.63) is 66.0 Å². The number of amides is 1. The predicted molar refractivity (Wildman–Crippen MR) is 154 cm³/mol. The van der Waals surface area contributed by atoms with E-state index in [-0.39, 0.29) is 17.3 Å². The fourth-order valence-corrected chi connectivity index (χ4v) is 6.17. The van der Waals surface area contributed by atoms with Crippen molar-refractivity contribution in [2.75, 3.05) is 11.0 Å². The van der Waals surface area contributed by atoms with Gasteiger partial charge in [-0.05, 0) is 61.6 Å². The number of aromatic amines is 1. The number of imidazole rings is 1. The Balaban J connectivity index is 1.51. The molecule has 5 rings (SSSR count). The Hall–Kier alpha value is -3.73. The van der Waals surface area contributed by atoms with Crippen LogP contribution in [0.3, 0.4) is 0 Å². The smallest absolute Gasteiger partial charge is 0.270 e. The molecule has 1 aliphatic rings. The number of H-pyrrole nitrogens is 1. The number of hydrogen-bond donors (Lipinski definition) is 3. The summed E-state index contributed by atoms with van der Waals surface area (Å²) in [6, 6.07) is 11.3. The maximum absolute atomic E-state index is 15.9. The van der Waals surface area contributed by atoms with Crippen LogP contribution in [0.1, 0.15) is 74.2 Å². The number of hydrogen-bond acceptors (Lipinski definition) is 5. The number of carbonyl (C=O) groups excluding carboxylic acids is 1. The van der Waals surface area contributed by atoms with Crippen molar-refractivity contribution in [2.45, 2.75) is 64.5 Å². The Morgan fingerprint density at radius 3 is 2.60 bits per heavy atom. The third kappa shape index (κ3) is 6.19. The Morgan fingerprint density at radius 2 is 1.88 bits per heavy atom. The van der Waals surface area contributed by atoms with Gasteiger partial charge in [-0.1, -0.05) is 44.2 Å². The number of anilines is 1. The molecule has 0 spiro atoms. The molecule has 11 heteroatoms. The van der Waals surface area contributed by atoms with Crippen molar-refractivity contribution < 1.29 is 17.6 Å². The molecule has 4 aromatic rings. The van der Waals surface area contributed by atoms with Gasteiger partial charge in [-0.25, -0.2) is 17.8 Å². The van der Waals surface area contributed by atoms with Gasteiger partial charge < -0.3 is 10.3 Å². The third-order valence-electron chi connectivity index (χ3n) is 7.54. The van der Waals surface area contributed by atoms with Crippen LogP contribution < -0.4 is 10.0 Å². The van der Waals surface area contributed by atoms with E-state index in [1.807, 2.05) is 6.92 Å². The summed E-state index contributed by atoms with van der Waals surface area (Å²) in [7, 11) is -3.47. The first-order valence-corrected chi connectivity index (χ1v) is 15.7. The number of carbonyl (C=O) groups is 1. The first-order valence-electron chi connectivity index (χ1n) is 13.8. The molecule has 3 N–H and O–H groups in total. The van der Waals surface area contributed by atoms with Gasteiger partial charge in [0.15, 0.2) is 5.82 Å². The van der Waals surface area contributed by atoms with Gasteiger partial charge in [0.2, 0.25) is 10.0 Å². The number of aromatic nitrogens is 4. The molecule has 0 bridgehead atoms. The van der Waals surface area contributed by atoms with Crippen LogP contribution in [0.2, 0.25) is 0 Å². The van der Waals surface area contributed by atoms with Crippen LogP contribution >= 0.6 is 0 Å². The SMILES string of the molecule is CCn1nccc1C(=O)NC(c1nc2c(F)c(-c3cccc(NS(C)(=O)=O)c3)ccc2[nH]1)C1CCCCCCC1. The monoisotopic (exact) mass is 566 g/mol. The van der Waals surface area contributed by atoms with Crippen LogP contribution in [-0.4, -0.2) is 40.3 Å². The van der Waals surface area contributed by atoms with Gasteiger partial charge in [0.25, 0.3) is 5.91 Å². The molecule has 2 aromatic heterocycles. The van der Waals surface area contributed by atoms with Gasteiger partial charge in [-0.3, -0.25) is 14.2 Å². The lowest BCUT2D eigenvalue weighted by Gasteiger charge is -2.28. The molecule has 2 heterocycles. The molecule has 1 atom stereocenters. The summed E-state index contributed by atoms with van der Waals surface area (Å²) in [5.41, 5.74) is 2.37. The maximum Gasteiger partial charge on any atom is 0.270 e. The minimum atomic E-state index is -3.47. The molecule has 2 aromatic carbocycles. The average Bonchev–Trinajstić information content (AvgIpc) is 3.54. The predicted octanol–water partition coefficient (Wildman–Crippen LogP) is 5.79. The van der Waals surface area contributed by atoms with Crippen molar-refractivity contribution in [3.8, 4) is 11.1 Å². The Kier molecular flexibility index (Phi) is 8.20. The number of sulfonamides is 1. The van der Waals surface area contributed by atoms with Gasteiger partial charge in [0, 0.05) is 24.0 Å². The zero-order chi connectivity index (χ0) is 28.3. The van der Waals surface area contributed by atoms with Crippen LogP contribution in [0.25, 0.3) is 22.2 Å². The van der Waals surface area contributed by atoms with Gasteiger partial charge in [-0.2, -0.15) is 5.10 Å². The van der Waals surface area contributed by atoms with E-state index in [1.165, 1.54) is 6.42 Å². The van der Waals surface area contributed by atoms with Crippen LogP contribution in [0.5, 0.6) is 0 Å². The number of nitrogens with zero attached hydrogens (tertiary/aromatic N) is 3. The number of aryl methyl sites for hydroxylation is 1. The molecule has 40 heavy (non-hydrogen) atoms. The summed E-state index contributed by atoms with van der Waals surface area (Å²) < 4.78 is 43.4. The van der Waals surface area contributed by atoms with Crippen molar-refractivity contribution in [3.63, 3.8) is 0 Å². The molecule has 0 saturated heterocycles. The normalized spacial score (nSPS) is 15.9. The topological polar surface area (TPSA) is 122 Å². The summed E-state index contributed by atoms with van der Waals surface area (Å²) in [6.45, 7) is 2.51. The standard InChI is InChI=1S/C29H35FN6O3S/c1-3-36-24(16-17-31-36)29(37)34-26(19-10-7-5-4-6-8-11-19)28-32-23-15-14-22(25(30)27(23)33-28)20-12-9-13-21(18-20)35-40(2,38)39/h9,12-19,26,35H,3-8,10-11H2,1-2H3,(H,32,33)(H,34,37). The van der Waals surface area contributed by atoms with Crippen LogP contribution in [0.4, 0.5) is 10.1 Å². The van der Waals surface area contributed by atoms with E-state index >= 15 is 4.39 Å². The zero-order valence-corrected chi connectivity index (χ0v) is 23.6. The largest absolute Gasteiger partial charge is 0.340 e. The minimum absolute atomic E-state index is 0.157. The van der Waals surface area contributed by atoms with E-state index in [4.69, 9.17) is 4.98 Å². The van der Waals surface area contributed by atoms with E-state index in [0.29, 0.717) is 40.4 Å². The first kappa shape index (κ1) is 27.8. The third-order valence-corrected chi connectivity index (χ3v) is 8.15. The Labute approximate surface area is 233 Å². The maximum atomic E-state index is 15.9. The quantitative estimate of drug-likeness (QED) is 0.249. The lowest BCUT2D eigenvalue weighted by molar-refractivity contribution is 0.0901. The number of rotatable bonds is 8. The summed E-state index contributed by atoms with van der Waals surface area (Å²) in [5.74, 6) is -0.0596. The fraction of sp³-hybridized carbons (Fsp3) is 0.414. The Morgan fingerprint density at radius 1 is 1.12 bits per heavy atom. The summed E-state index contributed by atoms with van der Waals surface area (Å²) in [4.78, 5) is 21.4. The number of fused-ring (bicyclic) bond motifs is 1. The molecule has 0 radical (unpaired) electrons. The van der Waals surface area contributed by atoms with E-state index in [0.717, 1.165) is 44.8 Å². The summed E-state index contributed by atoms with van der Waals surface area (Å²) >= 11 is 0. The molecule has 1 aliphatic carbocycles. The average molecular weight is 567 g/mol. The molecular formula is C29H35FN6O3S. The van der Waals surface area contributed by atoms with Gasteiger partial charge in [-0.15, -0.1) is 0 Å². The molecule has 1 saturated carbocycles. The van der Waals surface area contributed by atoms with Crippen molar-refractivity contribution in [1.82, 2.24) is 25.1 Å². The number of benzene rings is 2. The Bertz CT molecular complexity index is 1600. The zero-order valence-electron chi connectivity index (χ0n) is 22.8. The van der Waals surface area contributed by atoms with E-state index in [9.17, 15) is 13.2 Å². The van der Waals surface area contributed by atoms with Crippen molar-refractivity contribution >= 4 is 32.7 Å². The van der Waals surface area contributed by atoms with Gasteiger partial charge in [0.05, 0.1) is 17.8 Å². The molecular weight excluding hydrogens is 531 g/mol. The number of halogens is 1. The summed E-state index contributed by atoms with van der Waals surface area (Å²) in [5, 5.41) is 7.43. The van der Waals surface area contributed by atoms with Gasteiger partial charge in [0.1, 0.15) is 17.0 Å². The van der Waals surface area contributed by atoms with Crippen LogP contribution in [-0.2, 0) is 16.6 Å². The number of nitrogens with one attached hydrogen (secondary N) is 3. The molecule has 1 unspecified atom stereocenters. The molecule has 1 fully saturated rings. The van der Waals surface area contributed by atoms with Crippen LogP contribution in [0.15, 0.2) is 48.7 Å². The highest BCUT2D eigenvalue weighted by molar-refractivity contribution is 7.92. The second-order valence-electron chi connectivity index (χ2n) is 10.5. The van der Waals surface area contributed by atoms with E-state index in [2.05, 4.69) is 20.1 Å². The highest BCUT2D eigenvalue weighted by Gasteiger charge is 2.30. The second kappa shape index (κ2) is 11.8. The fourth-order valence-electron chi connectivity index (χ4n) is 5.62. The molecule has 0 aliphatic heterocycles. The first-order chi connectivity index (χ1) is 19.2. The highest BCUT2D eigenvalue weighted by atomic mass is 32.2. The minimum Gasteiger partial charge on any atom is -0.340 e.